The summed E-state index contributed by atoms with van der Waals surface area (Å²) in [7, 11) is 1.65. The summed E-state index contributed by atoms with van der Waals surface area (Å²) in [6, 6.07) is 5.96. The molecular weight excluding hydrogens is 202 g/mol. The van der Waals surface area contributed by atoms with E-state index < -0.39 is 0 Å². The van der Waals surface area contributed by atoms with Crippen molar-refractivity contribution in [2.75, 3.05) is 7.11 Å². The van der Waals surface area contributed by atoms with E-state index in [1.54, 1.807) is 7.11 Å². The van der Waals surface area contributed by atoms with Crippen molar-refractivity contribution in [2.24, 2.45) is 0 Å². The Hall–Kier alpha value is -1.77. The molecule has 0 aliphatic rings. The molecule has 3 heteroatoms. The molecule has 0 spiro atoms. The van der Waals surface area contributed by atoms with E-state index in [9.17, 15) is 4.79 Å². The number of nitrogens with zero attached hydrogens (tertiary/aromatic N) is 1. The molecule has 2 aromatic rings. The van der Waals surface area contributed by atoms with Gasteiger partial charge in [-0.2, -0.15) is 0 Å². The lowest BCUT2D eigenvalue weighted by atomic mass is 10.1. The van der Waals surface area contributed by atoms with E-state index in [1.807, 2.05) is 29.7 Å². The largest absolute Gasteiger partial charge is 0.497 e. The molecule has 0 aliphatic carbocycles. The van der Waals surface area contributed by atoms with Crippen molar-refractivity contribution in [1.82, 2.24) is 4.57 Å². The van der Waals surface area contributed by atoms with Crippen LogP contribution in [0, 0.1) is 13.8 Å². The van der Waals surface area contributed by atoms with Crippen LogP contribution in [0.1, 0.15) is 11.3 Å². The topological polar surface area (TPSA) is 31.2 Å². The van der Waals surface area contributed by atoms with Crippen LogP contribution in [0.2, 0.25) is 0 Å². The summed E-state index contributed by atoms with van der Waals surface area (Å²) in [5.74, 6) is 0.817. The molecule has 0 saturated carbocycles. The van der Waals surface area contributed by atoms with Gasteiger partial charge in [0.05, 0.1) is 19.2 Å². The van der Waals surface area contributed by atoms with E-state index in [2.05, 4.69) is 6.92 Å². The molecular formula is C13H15NO2. The maximum absolute atomic E-state index is 10.7. The fraction of sp³-hybridized carbons (Fsp3) is 0.308. The van der Waals surface area contributed by atoms with Gasteiger partial charge in [-0.15, -0.1) is 0 Å². The van der Waals surface area contributed by atoms with Crippen molar-refractivity contribution in [3.05, 3.63) is 29.5 Å². The Kier molecular flexibility index (Phi) is 2.69. The van der Waals surface area contributed by atoms with Gasteiger partial charge in [0.25, 0.3) is 0 Å². The molecule has 1 aromatic carbocycles. The number of benzene rings is 1. The van der Waals surface area contributed by atoms with Crippen molar-refractivity contribution in [1.29, 1.82) is 0 Å². The number of carbonyl (C=O) groups is 1. The molecule has 16 heavy (non-hydrogen) atoms. The Morgan fingerprint density at radius 2 is 2.12 bits per heavy atom. The normalized spacial score (nSPS) is 10.7. The average molecular weight is 217 g/mol. The number of ether oxygens (including phenoxy) is 1. The maximum atomic E-state index is 10.7. The lowest BCUT2D eigenvalue weighted by Gasteiger charge is -2.04. The number of aldehydes is 1. The first-order valence-corrected chi connectivity index (χ1v) is 5.26. The summed E-state index contributed by atoms with van der Waals surface area (Å²) >= 11 is 0. The molecule has 1 heterocycles. The Morgan fingerprint density at radius 1 is 1.38 bits per heavy atom. The fourth-order valence-corrected chi connectivity index (χ4v) is 2.07. The number of aryl methyl sites for hydroxylation is 1. The standard InChI is InChI=1S/C13H15NO2/c1-9-10(2)14(6-7-15)13-8-11(16-3)4-5-12(9)13/h4-5,7-8H,6H2,1-3H3. The highest BCUT2D eigenvalue weighted by Crippen LogP contribution is 2.28. The van der Waals surface area contributed by atoms with Gasteiger partial charge in [0.15, 0.2) is 0 Å². The van der Waals surface area contributed by atoms with E-state index in [1.165, 1.54) is 10.9 Å². The predicted molar refractivity (Wildman–Crippen MR) is 64.0 cm³/mol. The zero-order chi connectivity index (χ0) is 11.7. The minimum Gasteiger partial charge on any atom is -0.497 e. The van der Waals surface area contributed by atoms with E-state index in [4.69, 9.17) is 4.74 Å². The zero-order valence-corrected chi connectivity index (χ0v) is 9.78. The first-order valence-electron chi connectivity index (χ1n) is 5.26. The summed E-state index contributed by atoms with van der Waals surface area (Å²) in [6.07, 6.45) is 0.922. The van der Waals surface area contributed by atoms with Crippen molar-refractivity contribution in [3.63, 3.8) is 0 Å². The van der Waals surface area contributed by atoms with E-state index in [0.717, 1.165) is 23.2 Å². The molecule has 2 rings (SSSR count). The number of hydrogen-bond acceptors (Lipinski definition) is 2. The van der Waals surface area contributed by atoms with Crippen molar-refractivity contribution in [2.45, 2.75) is 20.4 Å². The van der Waals surface area contributed by atoms with Crippen LogP contribution in [0.3, 0.4) is 0 Å². The van der Waals surface area contributed by atoms with Crippen molar-refractivity contribution in [3.8, 4) is 5.75 Å². The van der Waals surface area contributed by atoms with Gasteiger partial charge in [0, 0.05) is 17.1 Å². The van der Waals surface area contributed by atoms with Crippen LogP contribution >= 0.6 is 0 Å². The molecule has 1 aromatic heterocycles. The Morgan fingerprint density at radius 3 is 2.75 bits per heavy atom. The molecule has 0 radical (unpaired) electrons. The molecule has 0 amide bonds. The lowest BCUT2D eigenvalue weighted by Crippen LogP contribution is -2.00. The minimum absolute atomic E-state index is 0.392. The number of fused-ring (bicyclic) bond motifs is 1. The van der Waals surface area contributed by atoms with Crippen LogP contribution in [-0.4, -0.2) is 18.0 Å². The number of carbonyl (C=O) groups excluding carboxylic acids is 1. The van der Waals surface area contributed by atoms with Gasteiger partial charge in [-0.3, -0.25) is 0 Å². The maximum Gasteiger partial charge on any atom is 0.139 e. The first-order chi connectivity index (χ1) is 7.69. The Labute approximate surface area is 94.6 Å². The van der Waals surface area contributed by atoms with Crippen LogP contribution in [0.25, 0.3) is 10.9 Å². The summed E-state index contributed by atoms with van der Waals surface area (Å²) in [5.41, 5.74) is 3.41. The van der Waals surface area contributed by atoms with Gasteiger partial charge >= 0.3 is 0 Å². The first kappa shape index (κ1) is 10.7. The van der Waals surface area contributed by atoms with E-state index in [0.29, 0.717) is 6.54 Å². The fourth-order valence-electron chi connectivity index (χ4n) is 2.07. The van der Waals surface area contributed by atoms with Crippen molar-refractivity contribution >= 4 is 17.2 Å². The Bertz CT molecular complexity index is 540. The molecule has 0 atom stereocenters. The van der Waals surface area contributed by atoms with Gasteiger partial charge in [0.1, 0.15) is 12.0 Å². The minimum atomic E-state index is 0.392. The molecule has 84 valence electrons. The van der Waals surface area contributed by atoms with Crippen LogP contribution in [0.15, 0.2) is 18.2 Å². The third-order valence-corrected chi connectivity index (χ3v) is 3.10. The highest BCUT2D eigenvalue weighted by Gasteiger charge is 2.10. The second-order valence-corrected chi connectivity index (χ2v) is 3.87. The van der Waals surface area contributed by atoms with Gasteiger partial charge < -0.3 is 14.1 Å². The highest BCUT2D eigenvalue weighted by molar-refractivity contribution is 5.87. The zero-order valence-electron chi connectivity index (χ0n) is 9.78. The third-order valence-electron chi connectivity index (χ3n) is 3.10. The number of methoxy groups -OCH3 is 1. The summed E-state index contributed by atoms with van der Waals surface area (Å²) in [5, 5.41) is 1.18. The number of rotatable bonds is 3. The number of aromatic nitrogens is 1. The van der Waals surface area contributed by atoms with Crippen LogP contribution in [0.5, 0.6) is 5.75 Å². The second kappa shape index (κ2) is 4.00. The Balaban J connectivity index is 2.75. The monoisotopic (exact) mass is 217 g/mol. The average Bonchev–Trinajstić information content (AvgIpc) is 2.54. The molecule has 0 bridgehead atoms. The second-order valence-electron chi connectivity index (χ2n) is 3.87. The van der Waals surface area contributed by atoms with Crippen LogP contribution in [0.4, 0.5) is 0 Å². The molecule has 0 saturated heterocycles. The summed E-state index contributed by atoms with van der Waals surface area (Å²) < 4.78 is 7.22. The third kappa shape index (κ3) is 1.48. The van der Waals surface area contributed by atoms with Gasteiger partial charge in [-0.25, -0.2) is 0 Å². The van der Waals surface area contributed by atoms with Crippen molar-refractivity contribution < 1.29 is 9.53 Å². The predicted octanol–water partition coefficient (Wildman–Crippen LogP) is 2.47. The summed E-state index contributed by atoms with van der Waals surface area (Å²) in [6.45, 7) is 4.50. The smallest absolute Gasteiger partial charge is 0.139 e. The summed E-state index contributed by atoms with van der Waals surface area (Å²) in [4.78, 5) is 10.7. The van der Waals surface area contributed by atoms with Gasteiger partial charge in [0.2, 0.25) is 0 Å². The van der Waals surface area contributed by atoms with Crippen LogP contribution < -0.4 is 4.74 Å². The van der Waals surface area contributed by atoms with Gasteiger partial charge in [-0.05, 0) is 31.5 Å². The van der Waals surface area contributed by atoms with Crippen LogP contribution in [-0.2, 0) is 11.3 Å². The van der Waals surface area contributed by atoms with E-state index >= 15 is 0 Å². The van der Waals surface area contributed by atoms with E-state index in [-0.39, 0.29) is 0 Å². The highest BCUT2D eigenvalue weighted by atomic mass is 16.5. The molecule has 0 unspecified atom stereocenters. The molecule has 0 aliphatic heterocycles. The lowest BCUT2D eigenvalue weighted by molar-refractivity contribution is -0.108. The molecule has 3 nitrogen and oxygen atoms in total. The molecule has 0 N–H and O–H groups in total. The quantitative estimate of drug-likeness (QED) is 0.739. The van der Waals surface area contributed by atoms with Gasteiger partial charge in [-0.1, -0.05) is 0 Å². The number of hydrogen-bond donors (Lipinski definition) is 0. The molecule has 0 fully saturated rings. The SMILES string of the molecule is COc1ccc2c(C)c(C)n(CC=O)c2c1.